The summed E-state index contributed by atoms with van der Waals surface area (Å²) in [6.45, 7) is 6.77. The van der Waals surface area contributed by atoms with E-state index in [4.69, 9.17) is 4.74 Å². The summed E-state index contributed by atoms with van der Waals surface area (Å²) < 4.78 is 6.89. The molecule has 1 atom stereocenters. The van der Waals surface area contributed by atoms with Gasteiger partial charge in [-0.15, -0.1) is 0 Å². The predicted molar refractivity (Wildman–Crippen MR) is 104 cm³/mol. The summed E-state index contributed by atoms with van der Waals surface area (Å²) in [4.78, 5) is 25.6. The average Bonchev–Trinajstić information content (AvgIpc) is 2.87. The lowest BCUT2D eigenvalue weighted by Gasteiger charge is -2.17. The van der Waals surface area contributed by atoms with Crippen LogP contribution in [-0.4, -0.2) is 48.3 Å². The number of ether oxygens (including phenoxy) is 1. The molecule has 0 spiro atoms. The zero-order valence-electron chi connectivity index (χ0n) is 16.5. The molecule has 146 valence electrons. The van der Waals surface area contributed by atoms with E-state index >= 15 is 0 Å². The zero-order valence-corrected chi connectivity index (χ0v) is 16.5. The van der Waals surface area contributed by atoms with Crippen molar-refractivity contribution in [2.45, 2.75) is 20.8 Å². The highest BCUT2D eigenvalue weighted by atomic mass is 16.5. The molecule has 3 N–H and O–H groups in total. The van der Waals surface area contributed by atoms with Crippen LogP contribution in [-0.2, 0) is 16.6 Å². The Labute approximate surface area is 159 Å². The van der Waals surface area contributed by atoms with Crippen molar-refractivity contribution in [1.82, 2.24) is 9.78 Å². The third kappa shape index (κ3) is 5.55. The number of carbonyl (C=O) groups excluding carboxylic acids is 2. The number of nitrogens with zero attached hydrogens (tertiary/aromatic N) is 2. The van der Waals surface area contributed by atoms with Gasteiger partial charge in [-0.3, -0.25) is 14.3 Å². The number of anilines is 2. The summed E-state index contributed by atoms with van der Waals surface area (Å²) in [5.41, 5.74) is 3.08. The largest absolute Gasteiger partial charge is 0.497 e. The Kier molecular flexibility index (Phi) is 6.95. The molecule has 1 aromatic carbocycles. The second-order valence-electron chi connectivity index (χ2n) is 6.45. The van der Waals surface area contributed by atoms with Crippen LogP contribution in [0.1, 0.15) is 18.3 Å². The first-order valence-corrected chi connectivity index (χ1v) is 8.91. The lowest BCUT2D eigenvalue weighted by atomic mass is 10.3. The summed E-state index contributed by atoms with van der Waals surface area (Å²) in [5.74, 6) is 0.385. The van der Waals surface area contributed by atoms with Crippen molar-refractivity contribution < 1.29 is 19.2 Å². The summed E-state index contributed by atoms with van der Waals surface area (Å²) in [5, 5.41) is 10.0. The topological polar surface area (TPSA) is 89.7 Å². The predicted octanol–water partition coefficient (Wildman–Crippen LogP) is 0.528. The normalized spacial score (nSPS) is 11.7. The fourth-order valence-corrected chi connectivity index (χ4v) is 2.81. The number of aryl methyl sites for hydroxylation is 2. The van der Waals surface area contributed by atoms with Crippen molar-refractivity contribution in [2.24, 2.45) is 7.05 Å². The van der Waals surface area contributed by atoms with Crippen LogP contribution < -0.4 is 20.3 Å². The number of likely N-dealkylation sites (N-methyl/N-ethyl adjacent to an activating group) is 1. The van der Waals surface area contributed by atoms with Crippen LogP contribution in [0.25, 0.3) is 0 Å². The molecule has 8 heteroatoms. The summed E-state index contributed by atoms with van der Waals surface area (Å²) in [7, 11) is 3.42. The molecule has 2 aromatic rings. The van der Waals surface area contributed by atoms with Crippen molar-refractivity contribution >= 4 is 23.2 Å². The van der Waals surface area contributed by atoms with Gasteiger partial charge in [0, 0.05) is 18.8 Å². The van der Waals surface area contributed by atoms with Crippen LogP contribution in [0.4, 0.5) is 11.4 Å². The Morgan fingerprint density at radius 1 is 1.19 bits per heavy atom. The number of amides is 2. The maximum Gasteiger partial charge on any atom is 0.279 e. The fourth-order valence-electron chi connectivity index (χ4n) is 2.81. The lowest BCUT2D eigenvalue weighted by Crippen LogP contribution is -3.13. The number of benzene rings is 1. The minimum atomic E-state index is -0.151. The number of hydrogen-bond donors (Lipinski definition) is 3. The number of hydrogen-bond acceptors (Lipinski definition) is 4. The summed E-state index contributed by atoms with van der Waals surface area (Å²) in [6, 6.07) is 7.17. The molecule has 0 fully saturated rings. The monoisotopic (exact) mass is 374 g/mol. The molecule has 0 aliphatic carbocycles. The molecular weight excluding hydrogens is 346 g/mol. The molecule has 0 bridgehead atoms. The molecule has 1 heterocycles. The molecule has 27 heavy (non-hydrogen) atoms. The minimum absolute atomic E-state index is 0.139. The third-order valence-corrected chi connectivity index (χ3v) is 4.45. The fraction of sp³-hybridized carbons (Fsp3) is 0.421. The molecule has 1 aromatic heterocycles. The Morgan fingerprint density at radius 3 is 2.41 bits per heavy atom. The molecule has 2 rings (SSSR count). The van der Waals surface area contributed by atoms with Crippen LogP contribution in [0, 0.1) is 13.8 Å². The van der Waals surface area contributed by atoms with Gasteiger partial charge in [0.2, 0.25) is 0 Å². The van der Waals surface area contributed by atoms with Crippen LogP contribution >= 0.6 is 0 Å². The van der Waals surface area contributed by atoms with Gasteiger partial charge in [-0.05, 0) is 32.9 Å². The number of aromatic nitrogens is 2. The van der Waals surface area contributed by atoms with E-state index in [-0.39, 0.29) is 24.9 Å². The van der Waals surface area contributed by atoms with E-state index in [0.717, 1.165) is 22.0 Å². The first kappa shape index (κ1) is 20.4. The van der Waals surface area contributed by atoms with Gasteiger partial charge in [0.15, 0.2) is 13.1 Å². The van der Waals surface area contributed by atoms with Gasteiger partial charge >= 0.3 is 0 Å². The summed E-state index contributed by atoms with van der Waals surface area (Å²) in [6.07, 6.45) is 0. The highest BCUT2D eigenvalue weighted by molar-refractivity contribution is 5.93. The Balaban J connectivity index is 1.92. The van der Waals surface area contributed by atoms with E-state index in [2.05, 4.69) is 15.7 Å². The van der Waals surface area contributed by atoms with Gasteiger partial charge in [-0.2, -0.15) is 5.10 Å². The summed E-state index contributed by atoms with van der Waals surface area (Å²) >= 11 is 0. The second kappa shape index (κ2) is 9.18. The van der Waals surface area contributed by atoms with Crippen molar-refractivity contribution in [1.29, 1.82) is 0 Å². The van der Waals surface area contributed by atoms with Crippen molar-refractivity contribution in [3.8, 4) is 5.75 Å². The van der Waals surface area contributed by atoms with Gasteiger partial charge in [0.1, 0.15) is 5.75 Å². The number of carbonyl (C=O) groups is 2. The third-order valence-electron chi connectivity index (χ3n) is 4.45. The van der Waals surface area contributed by atoms with E-state index in [0.29, 0.717) is 18.0 Å². The average molecular weight is 374 g/mol. The molecule has 0 saturated carbocycles. The van der Waals surface area contributed by atoms with Gasteiger partial charge in [-0.25, -0.2) is 0 Å². The Hall–Kier alpha value is -2.87. The van der Waals surface area contributed by atoms with Crippen LogP contribution in [0.15, 0.2) is 24.3 Å². The Bertz CT molecular complexity index is 816. The quantitative estimate of drug-likeness (QED) is 0.629. The molecule has 1 unspecified atom stereocenters. The van der Waals surface area contributed by atoms with Gasteiger partial charge in [0.05, 0.1) is 30.7 Å². The van der Waals surface area contributed by atoms with E-state index < -0.39 is 0 Å². The lowest BCUT2D eigenvalue weighted by molar-refractivity contribution is -0.881. The molecule has 2 amide bonds. The maximum atomic E-state index is 12.4. The number of nitrogens with one attached hydrogen (secondary N) is 3. The highest BCUT2D eigenvalue weighted by Crippen LogP contribution is 2.18. The van der Waals surface area contributed by atoms with Crippen molar-refractivity contribution in [3.05, 3.63) is 35.7 Å². The van der Waals surface area contributed by atoms with E-state index in [1.54, 1.807) is 23.9 Å². The smallest absolute Gasteiger partial charge is 0.279 e. The molecular formula is C19H28N5O3+. The minimum Gasteiger partial charge on any atom is -0.497 e. The molecule has 8 nitrogen and oxygen atoms in total. The van der Waals surface area contributed by atoms with Crippen LogP contribution in [0.2, 0.25) is 0 Å². The SMILES string of the molecule is CC[NH+](CC(=O)Nc1cccc(OC)c1)CC(=O)Nc1c(C)nn(C)c1C. The first-order chi connectivity index (χ1) is 12.8. The van der Waals surface area contributed by atoms with E-state index in [9.17, 15) is 9.59 Å². The zero-order chi connectivity index (χ0) is 20.0. The highest BCUT2D eigenvalue weighted by Gasteiger charge is 2.19. The first-order valence-electron chi connectivity index (χ1n) is 8.91. The van der Waals surface area contributed by atoms with Gasteiger partial charge < -0.3 is 20.3 Å². The van der Waals surface area contributed by atoms with Gasteiger partial charge in [-0.1, -0.05) is 6.07 Å². The molecule has 0 saturated heterocycles. The van der Waals surface area contributed by atoms with Crippen molar-refractivity contribution in [2.75, 3.05) is 37.4 Å². The Morgan fingerprint density at radius 2 is 1.85 bits per heavy atom. The van der Waals surface area contributed by atoms with E-state index in [1.165, 1.54) is 0 Å². The van der Waals surface area contributed by atoms with Crippen LogP contribution in [0.3, 0.4) is 0 Å². The molecule has 0 aliphatic heterocycles. The number of quaternary nitrogens is 1. The van der Waals surface area contributed by atoms with Crippen LogP contribution in [0.5, 0.6) is 5.75 Å². The number of methoxy groups -OCH3 is 1. The second-order valence-corrected chi connectivity index (χ2v) is 6.45. The molecule has 0 radical (unpaired) electrons. The standard InChI is InChI=1S/C19H27N5O3/c1-6-24(11-17(25)20-15-8-7-9-16(10-15)27-5)12-18(26)21-19-13(2)22-23(4)14(19)3/h7-10H,6,11-12H2,1-5H3,(H,20,25)(H,21,26)/p+1. The number of rotatable bonds is 8. The van der Waals surface area contributed by atoms with Crippen molar-refractivity contribution in [3.63, 3.8) is 0 Å². The maximum absolute atomic E-state index is 12.4. The van der Waals surface area contributed by atoms with Gasteiger partial charge in [0.25, 0.3) is 11.8 Å². The molecule has 0 aliphatic rings. The van der Waals surface area contributed by atoms with E-state index in [1.807, 2.05) is 40.0 Å².